The van der Waals surface area contributed by atoms with Gasteiger partial charge in [-0.2, -0.15) is 0 Å². The molecule has 0 aromatic heterocycles. The Hall–Kier alpha value is -2.38. The highest BCUT2D eigenvalue weighted by atomic mass is 32.2. The van der Waals surface area contributed by atoms with Gasteiger partial charge in [-0.25, -0.2) is 13.6 Å². The van der Waals surface area contributed by atoms with Gasteiger partial charge in [0.25, 0.3) is 5.91 Å². The lowest BCUT2D eigenvalue weighted by Gasteiger charge is -2.19. The lowest BCUT2D eigenvalue weighted by atomic mass is 10.0. The lowest BCUT2D eigenvalue weighted by Crippen LogP contribution is -2.29. The second-order valence-corrected chi connectivity index (χ2v) is 7.29. The molecule has 6 nitrogen and oxygen atoms in total. The molecule has 0 fully saturated rings. The number of carbonyl (C=O) groups excluding carboxylic acids is 1. The fraction of sp³-hybridized carbons (Fsp3) is 0.278. The van der Waals surface area contributed by atoms with Crippen LogP contribution in [-0.2, 0) is 10.0 Å². The van der Waals surface area contributed by atoms with E-state index in [1.807, 2.05) is 31.2 Å². The first kappa shape index (κ1) is 19.0. The number of nitrogens with one attached hydrogen (secondary N) is 1. The van der Waals surface area contributed by atoms with E-state index in [4.69, 9.17) is 9.88 Å². The summed E-state index contributed by atoms with van der Waals surface area (Å²) >= 11 is 0. The van der Waals surface area contributed by atoms with Gasteiger partial charge in [0.2, 0.25) is 10.0 Å². The van der Waals surface area contributed by atoms with Crippen molar-refractivity contribution >= 4 is 15.9 Å². The van der Waals surface area contributed by atoms with Crippen LogP contribution in [0.1, 0.15) is 40.9 Å². The number of amides is 1. The van der Waals surface area contributed by atoms with Gasteiger partial charge in [0.1, 0.15) is 5.75 Å². The summed E-state index contributed by atoms with van der Waals surface area (Å²) in [4.78, 5) is 12.6. The number of ether oxygens (including phenoxy) is 1. The van der Waals surface area contributed by atoms with Crippen LogP contribution in [0.2, 0.25) is 0 Å². The van der Waals surface area contributed by atoms with Crippen LogP contribution in [0.3, 0.4) is 0 Å². The number of nitrogens with two attached hydrogens (primary N) is 1. The van der Waals surface area contributed by atoms with Gasteiger partial charge in [-0.05, 0) is 48.7 Å². The van der Waals surface area contributed by atoms with Crippen LogP contribution in [0, 0.1) is 6.92 Å². The first-order chi connectivity index (χ1) is 11.8. The van der Waals surface area contributed by atoms with Crippen molar-refractivity contribution in [2.45, 2.75) is 31.2 Å². The standard InChI is InChI=1S/C18H22N2O4S/c1-4-17(13-6-8-14(24-3)9-7-13)20-18(21)16-11-15(25(19,22)23)10-5-12(16)2/h5-11,17H,4H2,1-3H3,(H,20,21)(H2,19,22,23). The Labute approximate surface area is 148 Å². The van der Waals surface area contributed by atoms with E-state index >= 15 is 0 Å². The largest absolute Gasteiger partial charge is 0.497 e. The second kappa shape index (κ2) is 7.67. The summed E-state index contributed by atoms with van der Waals surface area (Å²) in [6.07, 6.45) is 0.687. The first-order valence-corrected chi connectivity index (χ1v) is 9.39. The summed E-state index contributed by atoms with van der Waals surface area (Å²) in [7, 11) is -2.27. The molecular weight excluding hydrogens is 340 g/mol. The highest BCUT2D eigenvalue weighted by Crippen LogP contribution is 2.22. The van der Waals surface area contributed by atoms with E-state index in [9.17, 15) is 13.2 Å². The molecule has 3 N–H and O–H groups in total. The van der Waals surface area contributed by atoms with Crippen LogP contribution in [0.4, 0.5) is 0 Å². The number of sulfonamides is 1. The van der Waals surface area contributed by atoms with Gasteiger partial charge in [0.05, 0.1) is 18.0 Å². The van der Waals surface area contributed by atoms with Crippen molar-refractivity contribution < 1.29 is 17.9 Å². The second-order valence-electron chi connectivity index (χ2n) is 5.73. The van der Waals surface area contributed by atoms with Gasteiger partial charge in [-0.1, -0.05) is 25.1 Å². The average Bonchev–Trinajstić information content (AvgIpc) is 2.59. The fourth-order valence-corrected chi connectivity index (χ4v) is 3.06. The zero-order valence-electron chi connectivity index (χ0n) is 14.4. The highest BCUT2D eigenvalue weighted by molar-refractivity contribution is 7.89. The van der Waals surface area contributed by atoms with Gasteiger partial charge in [0, 0.05) is 5.56 Å². The molecule has 1 atom stereocenters. The molecular formula is C18H22N2O4S. The van der Waals surface area contributed by atoms with Crippen molar-refractivity contribution in [1.82, 2.24) is 5.32 Å². The van der Waals surface area contributed by atoms with E-state index in [1.165, 1.54) is 12.1 Å². The van der Waals surface area contributed by atoms with Gasteiger partial charge in [0.15, 0.2) is 0 Å². The normalized spacial score (nSPS) is 12.5. The number of rotatable bonds is 6. The van der Waals surface area contributed by atoms with Gasteiger partial charge < -0.3 is 10.1 Å². The lowest BCUT2D eigenvalue weighted by molar-refractivity contribution is 0.0934. The highest BCUT2D eigenvalue weighted by Gasteiger charge is 2.18. The van der Waals surface area contributed by atoms with E-state index in [1.54, 1.807) is 20.1 Å². The molecule has 0 aliphatic carbocycles. The maximum absolute atomic E-state index is 12.6. The van der Waals surface area contributed by atoms with Gasteiger partial charge in [-0.3, -0.25) is 4.79 Å². The molecule has 0 saturated heterocycles. The Morgan fingerprint density at radius 2 is 1.84 bits per heavy atom. The van der Waals surface area contributed by atoms with Crippen molar-refractivity contribution in [3.63, 3.8) is 0 Å². The van der Waals surface area contributed by atoms with E-state index in [-0.39, 0.29) is 16.8 Å². The third kappa shape index (κ3) is 4.58. The Kier molecular flexibility index (Phi) is 5.81. The quantitative estimate of drug-likeness (QED) is 0.825. The molecule has 0 spiro atoms. The molecule has 7 heteroatoms. The molecule has 2 aromatic rings. The molecule has 2 rings (SSSR count). The average molecular weight is 362 g/mol. The molecule has 0 bridgehead atoms. The number of benzene rings is 2. The third-order valence-corrected chi connectivity index (χ3v) is 4.92. The zero-order valence-corrected chi connectivity index (χ0v) is 15.3. The molecule has 2 aromatic carbocycles. The number of hydrogen-bond donors (Lipinski definition) is 2. The van der Waals surface area contributed by atoms with Crippen LogP contribution < -0.4 is 15.2 Å². The summed E-state index contributed by atoms with van der Waals surface area (Å²) in [6.45, 7) is 3.71. The number of methoxy groups -OCH3 is 1. The third-order valence-electron chi connectivity index (χ3n) is 4.01. The molecule has 1 unspecified atom stereocenters. The molecule has 0 heterocycles. The van der Waals surface area contributed by atoms with Crippen molar-refractivity contribution in [2.24, 2.45) is 5.14 Å². The SMILES string of the molecule is CCC(NC(=O)c1cc(S(N)(=O)=O)ccc1C)c1ccc(OC)cc1. The van der Waals surface area contributed by atoms with Crippen molar-refractivity contribution in [3.8, 4) is 5.75 Å². The van der Waals surface area contributed by atoms with Crippen LogP contribution in [0.5, 0.6) is 5.75 Å². The predicted octanol–water partition coefficient (Wildman–Crippen LogP) is 2.53. The summed E-state index contributed by atoms with van der Waals surface area (Å²) in [5, 5.41) is 8.09. The maximum atomic E-state index is 12.6. The summed E-state index contributed by atoms with van der Waals surface area (Å²) in [5.41, 5.74) is 1.91. The minimum atomic E-state index is -3.86. The molecule has 0 saturated carbocycles. The summed E-state index contributed by atoms with van der Waals surface area (Å²) < 4.78 is 28.2. The molecule has 1 amide bonds. The fourth-order valence-electron chi connectivity index (χ4n) is 2.52. The van der Waals surface area contributed by atoms with Crippen LogP contribution in [0.25, 0.3) is 0 Å². The predicted molar refractivity (Wildman–Crippen MR) is 96.0 cm³/mol. The molecule has 0 aliphatic heterocycles. The van der Waals surface area contributed by atoms with Crippen molar-refractivity contribution in [2.75, 3.05) is 7.11 Å². The Bertz CT molecular complexity index is 861. The van der Waals surface area contributed by atoms with E-state index in [0.29, 0.717) is 17.5 Å². The van der Waals surface area contributed by atoms with Crippen molar-refractivity contribution in [1.29, 1.82) is 0 Å². The summed E-state index contributed by atoms with van der Waals surface area (Å²) in [5.74, 6) is 0.396. The van der Waals surface area contributed by atoms with Gasteiger partial charge in [-0.15, -0.1) is 0 Å². The van der Waals surface area contributed by atoms with Crippen molar-refractivity contribution in [3.05, 3.63) is 59.2 Å². The minimum Gasteiger partial charge on any atom is -0.497 e. The van der Waals surface area contributed by atoms with E-state index in [2.05, 4.69) is 5.32 Å². The summed E-state index contributed by atoms with van der Waals surface area (Å²) in [6, 6.07) is 11.5. The molecule has 0 aliphatic rings. The number of hydrogen-bond acceptors (Lipinski definition) is 4. The van der Waals surface area contributed by atoms with Crippen LogP contribution in [-0.4, -0.2) is 21.4 Å². The number of aryl methyl sites for hydroxylation is 1. The van der Waals surface area contributed by atoms with E-state index < -0.39 is 10.0 Å². The first-order valence-electron chi connectivity index (χ1n) is 7.84. The van der Waals surface area contributed by atoms with E-state index in [0.717, 1.165) is 11.3 Å². The van der Waals surface area contributed by atoms with Crippen LogP contribution in [0.15, 0.2) is 47.4 Å². The Morgan fingerprint density at radius 1 is 1.20 bits per heavy atom. The smallest absolute Gasteiger partial charge is 0.252 e. The van der Waals surface area contributed by atoms with Crippen LogP contribution >= 0.6 is 0 Å². The number of carbonyl (C=O) groups is 1. The zero-order chi connectivity index (χ0) is 18.6. The van der Waals surface area contributed by atoms with Gasteiger partial charge >= 0.3 is 0 Å². The monoisotopic (exact) mass is 362 g/mol. The Balaban J connectivity index is 2.27. The topological polar surface area (TPSA) is 98.5 Å². The Morgan fingerprint density at radius 3 is 2.36 bits per heavy atom. The molecule has 25 heavy (non-hydrogen) atoms. The minimum absolute atomic E-state index is 0.0826. The number of primary sulfonamides is 1. The molecule has 134 valence electrons. The molecule has 0 radical (unpaired) electrons. The maximum Gasteiger partial charge on any atom is 0.252 e.